The van der Waals surface area contributed by atoms with Gasteiger partial charge in [-0.15, -0.1) is 0 Å². The number of rotatable bonds is 6. The largest absolute Gasteiger partial charge is 0.497 e. The Morgan fingerprint density at radius 2 is 1.94 bits per heavy atom. The topological polar surface area (TPSA) is 65.1 Å². The van der Waals surface area contributed by atoms with E-state index in [2.05, 4.69) is 22.0 Å². The van der Waals surface area contributed by atoms with Crippen molar-refractivity contribution < 1.29 is 14.3 Å². The number of amides is 2. The third-order valence-electron chi connectivity index (χ3n) is 6.24. The molecule has 170 valence electrons. The van der Waals surface area contributed by atoms with E-state index in [-0.39, 0.29) is 18.2 Å². The molecule has 1 N–H and O–H groups in total. The Morgan fingerprint density at radius 1 is 1.16 bits per heavy atom. The molecule has 2 heterocycles. The average Bonchev–Trinajstić information content (AvgIpc) is 3.21. The minimum absolute atomic E-state index is 0.0691. The molecule has 2 aromatic rings. The van der Waals surface area contributed by atoms with Crippen LogP contribution in [0.2, 0.25) is 5.02 Å². The van der Waals surface area contributed by atoms with E-state index in [1.807, 2.05) is 36.4 Å². The first kappa shape index (κ1) is 22.4. The fraction of sp³-hybridized carbons (Fsp3) is 0.417. The molecular weight excluding hydrogens is 428 g/mol. The number of nitrogens with zero attached hydrogens (tertiary/aromatic N) is 3. The van der Waals surface area contributed by atoms with E-state index in [1.165, 1.54) is 0 Å². The van der Waals surface area contributed by atoms with Crippen LogP contribution in [0.4, 0.5) is 17.1 Å². The molecule has 32 heavy (non-hydrogen) atoms. The van der Waals surface area contributed by atoms with Gasteiger partial charge in [0, 0.05) is 55.9 Å². The molecule has 0 saturated carbocycles. The van der Waals surface area contributed by atoms with Gasteiger partial charge in [0.25, 0.3) is 0 Å². The molecule has 2 aliphatic rings. The number of carbonyl (C=O) groups is 2. The Kier molecular flexibility index (Phi) is 6.86. The monoisotopic (exact) mass is 456 g/mol. The van der Waals surface area contributed by atoms with Gasteiger partial charge in [0.05, 0.1) is 24.4 Å². The van der Waals surface area contributed by atoms with E-state index >= 15 is 0 Å². The standard InChI is InChI=1S/C24H29ClN4O3/c1-3-27-9-11-28(12-10-27)22-8-7-18(25)14-21(22)26-24(31)17-13-23(30)29(16-17)19-5-4-6-20(15-19)32-2/h4-8,14-15,17H,3,9-13,16H2,1-2H3,(H,26,31)/t17-/m0/s1. The number of carbonyl (C=O) groups excluding carboxylic acids is 2. The van der Waals surface area contributed by atoms with Gasteiger partial charge in [-0.05, 0) is 36.9 Å². The van der Waals surface area contributed by atoms with Gasteiger partial charge in [-0.2, -0.15) is 0 Å². The molecule has 4 rings (SSSR count). The number of methoxy groups -OCH3 is 1. The number of hydrogen-bond acceptors (Lipinski definition) is 5. The van der Waals surface area contributed by atoms with E-state index < -0.39 is 5.92 Å². The van der Waals surface area contributed by atoms with Crippen LogP contribution in [0.5, 0.6) is 5.75 Å². The summed E-state index contributed by atoms with van der Waals surface area (Å²) in [4.78, 5) is 32.1. The maximum atomic E-state index is 13.1. The average molecular weight is 457 g/mol. The van der Waals surface area contributed by atoms with Crippen molar-refractivity contribution in [1.82, 2.24) is 4.90 Å². The lowest BCUT2D eigenvalue weighted by Gasteiger charge is -2.36. The highest BCUT2D eigenvalue weighted by Gasteiger charge is 2.35. The number of likely N-dealkylation sites (N-methyl/N-ethyl adjacent to an activating group) is 1. The lowest BCUT2D eigenvalue weighted by atomic mass is 10.1. The molecule has 0 aromatic heterocycles. The predicted molar refractivity (Wildman–Crippen MR) is 128 cm³/mol. The molecule has 0 unspecified atom stereocenters. The van der Waals surface area contributed by atoms with Crippen molar-refractivity contribution in [1.29, 1.82) is 0 Å². The molecule has 8 heteroatoms. The van der Waals surface area contributed by atoms with E-state index in [0.717, 1.165) is 44.1 Å². The van der Waals surface area contributed by atoms with Gasteiger partial charge in [-0.25, -0.2) is 0 Å². The molecular formula is C24H29ClN4O3. The summed E-state index contributed by atoms with van der Waals surface area (Å²) in [7, 11) is 1.59. The Balaban J connectivity index is 1.47. The fourth-order valence-corrected chi connectivity index (χ4v) is 4.51. The van der Waals surface area contributed by atoms with Gasteiger partial charge < -0.3 is 24.8 Å². The molecule has 2 aliphatic heterocycles. The SMILES string of the molecule is CCN1CCN(c2ccc(Cl)cc2NC(=O)[C@H]2CC(=O)N(c3cccc(OC)c3)C2)CC1. The van der Waals surface area contributed by atoms with Crippen molar-refractivity contribution in [3.63, 3.8) is 0 Å². The minimum atomic E-state index is -0.433. The second kappa shape index (κ2) is 9.79. The van der Waals surface area contributed by atoms with Crippen molar-refractivity contribution in [2.24, 2.45) is 5.92 Å². The quantitative estimate of drug-likeness (QED) is 0.720. The van der Waals surface area contributed by atoms with Crippen LogP contribution >= 0.6 is 11.6 Å². The number of benzene rings is 2. The zero-order valence-corrected chi connectivity index (χ0v) is 19.3. The van der Waals surface area contributed by atoms with Crippen molar-refractivity contribution in [3.8, 4) is 5.75 Å². The maximum absolute atomic E-state index is 13.1. The molecule has 0 aliphatic carbocycles. The smallest absolute Gasteiger partial charge is 0.229 e. The lowest BCUT2D eigenvalue weighted by molar-refractivity contribution is -0.122. The highest BCUT2D eigenvalue weighted by Crippen LogP contribution is 2.32. The van der Waals surface area contributed by atoms with Crippen molar-refractivity contribution >= 4 is 40.5 Å². The van der Waals surface area contributed by atoms with E-state index in [9.17, 15) is 9.59 Å². The summed E-state index contributed by atoms with van der Waals surface area (Å²) in [5.41, 5.74) is 2.40. The van der Waals surface area contributed by atoms with Crippen LogP contribution in [0.3, 0.4) is 0 Å². The molecule has 2 fully saturated rings. The molecule has 0 spiro atoms. The Labute approximate surface area is 193 Å². The summed E-state index contributed by atoms with van der Waals surface area (Å²) < 4.78 is 5.26. The fourth-order valence-electron chi connectivity index (χ4n) is 4.34. The summed E-state index contributed by atoms with van der Waals surface area (Å²) in [6, 6.07) is 12.9. The summed E-state index contributed by atoms with van der Waals surface area (Å²) in [5, 5.41) is 3.62. The molecule has 0 radical (unpaired) electrons. The van der Waals surface area contributed by atoms with Gasteiger partial charge in [0.1, 0.15) is 5.75 Å². The van der Waals surface area contributed by atoms with Crippen LogP contribution in [-0.4, -0.2) is 63.1 Å². The number of hydrogen-bond donors (Lipinski definition) is 1. The second-order valence-electron chi connectivity index (χ2n) is 8.18. The first-order valence-corrected chi connectivity index (χ1v) is 11.4. The normalized spacial score (nSPS) is 19.3. The number of ether oxygens (including phenoxy) is 1. The molecule has 2 saturated heterocycles. The third kappa shape index (κ3) is 4.84. The molecule has 7 nitrogen and oxygen atoms in total. The molecule has 1 atom stereocenters. The number of piperazine rings is 1. The Bertz CT molecular complexity index is 991. The summed E-state index contributed by atoms with van der Waals surface area (Å²) in [5.74, 6) is 0.00674. The van der Waals surface area contributed by atoms with Crippen LogP contribution in [-0.2, 0) is 9.59 Å². The van der Waals surface area contributed by atoms with Gasteiger partial charge in [-0.1, -0.05) is 24.6 Å². The van der Waals surface area contributed by atoms with Crippen molar-refractivity contribution in [3.05, 3.63) is 47.5 Å². The Morgan fingerprint density at radius 3 is 2.66 bits per heavy atom. The second-order valence-corrected chi connectivity index (χ2v) is 8.62. The number of anilines is 3. The van der Waals surface area contributed by atoms with Crippen molar-refractivity contribution in [2.45, 2.75) is 13.3 Å². The highest BCUT2D eigenvalue weighted by atomic mass is 35.5. The van der Waals surface area contributed by atoms with E-state index in [1.54, 1.807) is 18.1 Å². The summed E-state index contributed by atoms with van der Waals surface area (Å²) in [6.07, 6.45) is 0.175. The lowest BCUT2D eigenvalue weighted by Crippen LogP contribution is -2.46. The third-order valence-corrected chi connectivity index (χ3v) is 6.47. The predicted octanol–water partition coefficient (Wildman–Crippen LogP) is 3.48. The zero-order chi connectivity index (χ0) is 22.7. The molecule has 0 bridgehead atoms. The van der Waals surface area contributed by atoms with E-state index in [4.69, 9.17) is 16.3 Å². The minimum Gasteiger partial charge on any atom is -0.497 e. The summed E-state index contributed by atoms with van der Waals surface area (Å²) >= 11 is 6.25. The Hall–Kier alpha value is -2.77. The summed E-state index contributed by atoms with van der Waals surface area (Å²) in [6.45, 7) is 7.30. The van der Waals surface area contributed by atoms with E-state index in [0.29, 0.717) is 23.0 Å². The molecule has 2 aromatic carbocycles. The first-order valence-electron chi connectivity index (χ1n) is 11.0. The molecule has 2 amide bonds. The number of halogens is 1. The van der Waals surface area contributed by atoms with Gasteiger partial charge in [0.2, 0.25) is 11.8 Å². The van der Waals surface area contributed by atoms with Crippen LogP contribution in [0, 0.1) is 5.92 Å². The highest BCUT2D eigenvalue weighted by molar-refractivity contribution is 6.31. The van der Waals surface area contributed by atoms with Crippen LogP contribution in [0.15, 0.2) is 42.5 Å². The van der Waals surface area contributed by atoms with Crippen LogP contribution in [0.25, 0.3) is 0 Å². The maximum Gasteiger partial charge on any atom is 0.229 e. The zero-order valence-electron chi connectivity index (χ0n) is 18.5. The van der Waals surface area contributed by atoms with Gasteiger partial charge in [-0.3, -0.25) is 9.59 Å². The van der Waals surface area contributed by atoms with Crippen LogP contribution in [0.1, 0.15) is 13.3 Å². The van der Waals surface area contributed by atoms with Crippen molar-refractivity contribution in [2.75, 3.05) is 61.5 Å². The first-order chi connectivity index (χ1) is 15.5. The van der Waals surface area contributed by atoms with Gasteiger partial charge >= 0.3 is 0 Å². The van der Waals surface area contributed by atoms with Crippen LogP contribution < -0.4 is 19.9 Å². The van der Waals surface area contributed by atoms with Gasteiger partial charge in [0.15, 0.2) is 0 Å². The number of nitrogens with one attached hydrogen (secondary N) is 1.